The smallest absolute Gasteiger partial charge is 0.157 e. The Labute approximate surface area is 84.7 Å². The van der Waals surface area contributed by atoms with Crippen LogP contribution >= 0.6 is 0 Å². The maximum Gasteiger partial charge on any atom is 0.157 e. The van der Waals surface area contributed by atoms with Crippen molar-refractivity contribution >= 4 is 0 Å². The van der Waals surface area contributed by atoms with Crippen molar-refractivity contribution in [3.63, 3.8) is 0 Å². The van der Waals surface area contributed by atoms with E-state index in [1.54, 1.807) is 6.20 Å². The quantitative estimate of drug-likeness (QED) is 0.786. The normalized spacial score (nSPS) is 18.6. The molecule has 0 amide bonds. The lowest BCUT2D eigenvalue weighted by Crippen LogP contribution is -2.11. The van der Waals surface area contributed by atoms with E-state index in [2.05, 4.69) is 12.0 Å². The van der Waals surface area contributed by atoms with Crippen LogP contribution in [0, 0.1) is 0 Å². The lowest BCUT2D eigenvalue weighted by atomic mass is 9.86. The summed E-state index contributed by atoms with van der Waals surface area (Å²) in [7, 11) is 0. The van der Waals surface area contributed by atoms with E-state index < -0.39 is 0 Å². The van der Waals surface area contributed by atoms with Gasteiger partial charge in [-0.15, -0.1) is 0 Å². The molecule has 0 spiro atoms. The first-order chi connectivity index (χ1) is 6.83. The fraction of sp³-hybridized carbons (Fsp3) is 0.727. The highest BCUT2D eigenvalue weighted by Crippen LogP contribution is 2.36. The first-order valence-electron chi connectivity index (χ1n) is 5.57. The third-order valence-corrected chi connectivity index (χ3v) is 3.15. The molecule has 0 aliphatic heterocycles. The molecular weight excluding hydrogens is 176 g/mol. The Morgan fingerprint density at radius 1 is 1.43 bits per heavy atom. The zero-order valence-electron chi connectivity index (χ0n) is 8.74. The van der Waals surface area contributed by atoms with Gasteiger partial charge in [-0.1, -0.05) is 19.3 Å². The van der Waals surface area contributed by atoms with E-state index in [1.807, 2.05) is 4.68 Å². The molecule has 0 unspecified atom stereocenters. The van der Waals surface area contributed by atoms with Crippen LogP contribution in [0.15, 0.2) is 6.20 Å². The number of aromatic hydroxyl groups is 1. The minimum atomic E-state index is 0.388. The molecule has 3 heteroatoms. The van der Waals surface area contributed by atoms with Crippen molar-refractivity contribution in [2.24, 2.45) is 0 Å². The molecule has 0 radical (unpaired) electrons. The second-order valence-electron chi connectivity index (χ2n) is 4.07. The summed E-state index contributed by atoms with van der Waals surface area (Å²) >= 11 is 0. The molecule has 1 aliphatic carbocycles. The molecular formula is C11H18N2O. The number of aryl methyl sites for hydroxylation is 1. The molecule has 0 bridgehead atoms. The van der Waals surface area contributed by atoms with Gasteiger partial charge in [-0.3, -0.25) is 4.68 Å². The van der Waals surface area contributed by atoms with Crippen molar-refractivity contribution in [3.05, 3.63) is 11.9 Å². The summed E-state index contributed by atoms with van der Waals surface area (Å²) in [5, 5.41) is 13.9. The summed E-state index contributed by atoms with van der Waals surface area (Å²) in [6.07, 6.45) is 7.92. The Balaban J connectivity index is 2.23. The van der Waals surface area contributed by atoms with Crippen LogP contribution < -0.4 is 0 Å². The molecule has 1 heterocycles. The van der Waals surface area contributed by atoms with Crippen LogP contribution in [0.1, 0.15) is 50.6 Å². The van der Waals surface area contributed by atoms with Crippen LogP contribution in [-0.2, 0) is 6.54 Å². The first-order valence-corrected chi connectivity index (χ1v) is 5.57. The predicted octanol–water partition coefficient (Wildman–Crippen LogP) is 2.66. The topological polar surface area (TPSA) is 38.0 Å². The van der Waals surface area contributed by atoms with Gasteiger partial charge in [-0.2, -0.15) is 5.10 Å². The molecule has 78 valence electrons. The molecule has 1 aromatic rings. The fourth-order valence-corrected chi connectivity index (χ4v) is 2.43. The van der Waals surface area contributed by atoms with Crippen molar-refractivity contribution in [2.75, 3.05) is 0 Å². The third-order valence-electron chi connectivity index (χ3n) is 3.15. The van der Waals surface area contributed by atoms with E-state index >= 15 is 0 Å². The van der Waals surface area contributed by atoms with Gasteiger partial charge in [0.15, 0.2) is 5.75 Å². The van der Waals surface area contributed by atoms with Crippen LogP contribution in [0.3, 0.4) is 0 Å². The lowest BCUT2D eigenvalue weighted by Gasteiger charge is -2.22. The summed E-state index contributed by atoms with van der Waals surface area (Å²) in [6, 6.07) is 0. The molecule has 1 fully saturated rings. The highest BCUT2D eigenvalue weighted by atomic mass is 16.3. The SMILES string of the molecule is CCn1ncc(O)c1C1CCCCC1. The van der Waals surface area contributed by atoms with Gasteiger partial charge >= 0.3 is 0 Å². The minimum absolute atomic E-state index is 0.388. The average Bonchev–Trinajstić information content (AvgIpc) is 2.61. The predicted molar refractivity (Wildman–Crippen MR) is 55.4 cm³/mol. The number of rotatable bonds is 2. The van der Waals surface area contributed by atoms with Crippen LogP contribution in [-0.4, -0.2) is 14.9 Å². The van der Waals surface area contributed by atoms with Gasteiger partial charge in [0, 0.05) is 12.5 Å². The van der Waals surface area contributed by atoms with E-state index in [0.717, 1.165) is 12.2 Å². The van der Waals surface area contributed by atoms with Crippen molar-refractivity contribution in [2.45, 2.75) is 51.5 Å². The Bertz CT molecular complexity index is 300. The van der Waals surface area contributed by atoms with Gasteiger partial charge in [-0.05, 0) is 19.8 Å². The Morgan fingerprint density at radius 3 is 2.79 bits per heavy atom. The molecule has 1 aliphatic rings. The number of aromatic nitrogens is 2. The van der Waals surface area contributed by atoms with Crippen molar-refractivity contribution in [1.29, 1.82) is 0 Å². The van der Waals surface area contributed by atoms with Gasteiger partial charge in [-0.25, -0.2) is 0 Å². The highest BCUT2D eigenvalue weighted by molar-refractivity contribution is 5.27. The van der Waals surface area contributed by atoms with Gasteiger partial charge in [0.1, 0.15) is 0 Å². The number of nitrogens with zero attached hydrogens (tertiary/aromatic N) is 2. The van der Waals surface area contributed by atoms with Crippen LogP contribution in [0.25, 0.3) is 0 Å². The summed E-state index contributed by atoms with van der Waals surface area (Å²) in [5.41, 5.74) is 1.06. The van der Waals surface area contributed by atoms with Crippen molar-refractivity contribution in [3.8, 4) is 5.75 Å². The Hall–Kier alpha value is -0.990. The molecule has 1 aromatic heterocycles. The number of hydrogen-bond donors (Lipinski definition) is 1. The summed E-state index contributed by atoms with van der Waals surface area (Å²) in [4.78, 5) is 0. The van der Waals surface area contributed by atoms with E-state index in [-0.39, 0.29) is 0 Å². The summed E-state index contributed by atoms with van der Waals surface area (Å²) in [5.74, 6) is 0.921. The second-order valence-corrected chi connectivity index (χ2v) is 4.07. The number of hydrogen-bond acceptors (Lipinski definition) is 2. The van der Waals surface area contributed by atoms with E-state index in [9.17, 15) is 5.11 Å². The molecule has 0 atom stereocenters. The Morgan fingerprint density at radius 2 is 2.14 bits per heavy atom. The van der Waals surface area contributed by atoms with Gasteiger partial charge < -0.3 is 5.11 Å². The second kappa shape index (κ2) is 4.03. The molecule has 3 nitrogen and oxygen atoms in total. The van der Waals surface area contributed by atoms with E-state index in [0.29, 0.717) is 11.7 Å². The van der Waals surface area contributed by atoms with Crippen LogP contribution in [0.2, 0.25) is 0 Å². The highest BCUT2D eigenvalue weighted by Gasteiger charge is 2.22. The molecule has 0 saturated heterocycles. The van der Waals surface area contributed by atoms with Crippen LogP contribution in [0.5, 0.6) is 5.75 Å². The fourth-order valence-electron chi connectivity index (χ4n) is 2.43. The third kappa shape index (κ3) is 1.63. The minimum Gasteiger partial charge on any atom is -0.504 e. The molecule has 14 heavy (non-hydrogen) atoms. The maximum atomic E-state index is 9.73. The van der Waals surface area contributed by atoms with Crippen LogP contribution in [0.4, 0.5) is 0 Å². The molecule has 1 N–H and O–H groups in total. The Kier molecular flexibility index (Phi) is 2.75. The average molecular weight is 194 g/mol. The zero-order chi connectivity index (χ0) is 9.97. The largest absolute Gasteiger partial charge is 0.504 e. The van der Waals surface area contributed by atoms with Gasteiger partial charge in [0.05, 0.1) is 11.9 Å². The zero-order valence-corrected chi connectivity index (χ0v) is 8.74. The van der Waals surface area contributed by atoms with Gasteiger partial charge in [0.2, 0.25) is 0 Å². The standard InChI is InChI=1S/C11H18N2O/c1-2-13-11(10(14)8-12-13)9-6-4-3-5-7-9/h8-9,14H,2-7H2,1H3. The van der Waals surface area contributed by atoms with Crippen molar-refractivity contribution in [1.82, 2.24) is 9.78 Å². The monoisotopic (exact) mass is 194 g/mol. The van der Waals surface area contributed by atoms with Crippen molar-refractivity contribution < 1.29 is 5.11 Å². The first kappa shape index (κ1) is 9.56. The molecule has 1 saturated carbocycles. The summed E-state index contributed by atoms with van der Waals surface area (Å²) in [6.45, 7) is 2.92. The lowest BCUT2D eigenvalue weighted by molar-refractivity contribution is 0.394. The van der Waals surface area contributed by atoms with Gasteiger partial charge in [0.25, 0.3) is 0 Å². The molecule has 0 aromatic carbocycles. The maximum absolute atomic E-state index is 9.73. The molecule has 2 rings (SSSR count). The van der Waals surface area contributed by atoms with E-state index in [4.69, 9.17) is 0 Å². The van der Waals surface area contributed by atoms with E-state index in [1.165, 1.54) is 32.1 Å². The summed E-state index contributed by atoms with van der Waals surface area (Å²) < 4.78 is 1.94.